The van der Waals surface area contributed by atoms with E-state index in [2.05, 4.69) is 15.6 Å². The normalized spacial score (nSPS) is 22.7. The second-order valence-electron chi connectivity index (χ2n) is 4.80. The lowest BCUT2D eigenvalue weighted by Crippen LogP contribution is -2.37. The number of nitrogens with zero attached hydrogens (tertiary/aromatic N) is 1. The van der Waals surface area contributed by atoms with Crippen LogP contribution in [0.15, 0.2) is 23.2 Å². The standard InChI is InChI=1S/C13H14FN3O/c1-7-6-8(2-5-10(7)14)11-12(18)17-13(16-11)15-9-3-4-9/h2,5-6,9,11H,3-4H2,1H3,(H2,15,16,17,18). The predicted octanol–water partition coefficient (Wildman–Crippen LogP) is 1.41. The molecule has 5 heteroatoms. The first-order chi connectivity index (χ1) is 8.63. The largest absolute Gasteiger partial charge is 0.353 e. The number of aryl methyl sites for hydroxylation is 1. The van der Waals surface area contributed by atoms with E-state index in [1.165, 1.54) is 6.07 Å². The SMILES string of the molecule is Cc1cc(C2N=C(NC3CC3)NC2=O)ccc1F. The molecular weight excluding hydrogens is 233 g/mol. The minimum absolute atomic E-state index is 0.163. The zero-order valence-corrected chi connectivity index (χ0v) is 10.0. The third kappa shape index (κ3) is 2.08. The van der Waals surface area contributed by atoms with Crippen molar-refractivity contribution in [2.24, 2.45) is 4.99 Å². The minimum Gasteiger partial charge on any atom is -0.353 e. The van der Waals surface area contributed by atoms with Crippen LogP contribution in [0.3, 0.4) is 0 Å². The molecule has 94 valence electrons. The molecule has 0 spiro atoms. The molecule has 0 radical (unpaired) electrons. The Labute approximate surface area is 104 Å². The number of carbonyl (C=O) groups excluding carboxylic acids is 1. The van der Waals surface area contributed by atoms with Crippen LogP contribution in [-0.4, -0.2) is 17.9 Å². The van der Waals surface area contributed by atoms with Crippen molar-refractivity contribution in [1.29, 1.82) is 0 Å². The molecule has 1 amide bonds. The van der Waals surface area contributed by atoms with Crippen molar-refractivity contribution < 1.29 is 9.18 Å². The van der Waals surface area contributed by atoms with Crippen LogP contribution in [0.5, 0.6) is 0 Å². The van der Waals surface area contributed by atoms with Gasteiger partial charge in [-0.05, 0) is 37.0 Å². The fourth-order valence-electron chi connectivity index (χ4n) is 1.96. The first-order valence-corrected chi connectivity index (χ1v) is 6.05. The van der Waals surface area contributed by atoms with E-state index in [-0.39, 0.29) is 11.7 Å². The molecule has 1 unspecified atom stereocenters. The number of guanidine groups is 1. The number of benzene rings is 1. The van der Waals surface area contributed by atoms with E-state index in [1.807, 2.05) is 0 Å². The summed E-state index contributed by atoms with van der Waals surface area (Å²) in [7, 11) is 0. The van der Waals surface area contributed by atoms with E-state index in [9.17, 15) is 9.18 Å². The monoisotopic (exact) mass is 247 g/mol. The number of rotatable bonds is 2. The van der Waals surface area contributed by atoms with Crippen molar-refractivity contribution in [3.05, 3.63) is 35.1 Å². The van der Waals surface area contributed by atoms with Crippen LogP contribution in [-0.2, 0) is 4.79 Å². The van der Waals surface area contributed by atoms with E-state index < -0.39 is 6.04 Å². The summed E-state index contributed by atoms with van der Waals surface area (Å²) in [5.74, 6) is 0.107. The van der Waals surface area contributed by atoms with Crippen LogP contribution in [0.25, 0.3) is 0 Å². The van der Waals surface area contributed by atoms with Crippen LogP contribution in [0.1, 0.15) is 30.0 Å². The van der Waals surface area contributed by atoms with Gasteiger partial charge in [-0.15, -0.1) is 0 Å². The molecule has 1 atom stereocenters. The molecule has 4 nitrogen and oxygen atoms in total. The van der Waals surface area contributed by atoms with Gasteiger partial charge >= 0.3 is 0 Å². The van der Waals surface area contributed by atoms with Crippen LogP contribution in [0, 0.1) is 12.7 Å². The first kappa shape index (κ1) is 11.2. The second kappa shape index (κ2) is 4.08. The van der Waals surface area contributed by atoms with E-state index in [0.717, 1.165) is 18.4 Å². The molecule has 1 saturated carbocycles. The summed E-state index contributed by atoms with van der Waals surface area (Å²) in [6.45, 7) is 1.68. The summed E-state index contributed by atoms with van der Waals surface area (Å²) in [6, 6.07) is 4.53. The quantitative estimate of drug-likeness (QED) is 0.830. The molecule has 1 aliphatic carbocycles. The molecule has 18 heavy (non-hydrogen) atoms. The number of nitrogens with one attached hydrogen (secondary N) is 2. The maximum atomic E-state index is 13.2. The summed E-state index contributed by atoms with van der Waals surface area (Å²) in [5.41, 5.74) is 1.25. The van der Waals surface area contributed by atoms with Gasteiger partial charge in [-0.25, -0.2) is 9.38 Å². The van der Waals surface area contributed by atoms with E-state index >= 15 is 0 Å². The summed E-state index contributed by atoms with van der Waals surface area (Å²) >= 11 is 0. The zero-order valence-electron chi connectivity index (χ0n) is 10.0. The molecule has 1 heterocycles. The van der Waals surface area contributed by atoms with E-state index in [4.69, 9.17) is 0 Å². The Morgan fingerprint density at radius 3 is 2.89 bits per heavy atom. The van der Waals surface area contributed by atoms with Crippen LogP contribution >= 0.6 is 0 Å². The third-order valence-electron chi connectivity index (χ3n) is 3.16. The molecule has 0 aromatic heterocycles. The number of aliphatic imine (C=N–C) groups is 1. The zero-order chi connectivity index (χ0) is 12.7. The summed E-state index contributed by atoms with van der Waals surface area (Å²) in [5, 5.41) is 5.87. The van der Waals surface area contributed by atoms with Crippen molar-refractivity contribution in [1.82, 2.24) is 10.6 Å². The molecule has 1 aliphatic heterocycles. The van der Waals surface area contributed by atoms with Gasteiger partial charge in [0.15, 0.2) is 12.0 Å². The van der Waals surface area contributed by atoms with Crippen molar-refractivity contribution >= 4 is 11.9 Å². The summed E-state index contributed by atoms with van der Waals surface area (Å²) in [4.78, 5) is 16.1. The molecule has 1 aromatic carbocycles. The Kier molecular flexibility index (Phi) is 2.54. The number of halogens is 1. The highest BCUT2D eigenvalue weighted by Crippen LogP contribution is 2.24. The lowest BCUT2D eigenvalue weighted by atomic mass is 10.0. The van der Waals surface area contributed by atoms with Gasteiger partial charge in [-0.3, -0.25) is 10.1 Å². The topological polar surface area (TPSA) is 53.5 Å². The Bertz CT molecular complexity index is 537. The molecule has 2 aliphatic rings. The lowest BCUT2D eigenvalue weighted by Gasteiger charge is -2.06. The Morgan fingerprint density at radius 2 is 2.22 bits per heavy atom. The maximum Gasteiger partial charge on any atom is 0.256 e. The van der Waals surface area contributed by atoms with Crippen molar-refractivity contribution in [2.75, 3.05) is 0 Å². The maximum absolute atomic E-state index is 13.2. The molecule has 0 saturated heterocycles. The smallest absolute Gasteiger partial charge is 0.256 e. The Balaban J connectivity index is 1.83. The number of amides is 1. The molecule has 3 rings (SSSR count). The Hall–Kier alpha value is -1.91. The summed E-state index contributed by atoms with van der Waals surface area (Å²) < 4.78 is 13.2. The third-order valence-corrected chi connectivity index (χ3v) is 3.16. The highest BCUT2D eigenvalue weighted by molar-refractivity contribution is 6.05. The molecule has 1 fully saturated rings. The highest BCUT2D eigenvalue weighted by Gasteiger charge is 2.31. The predicted molar refractivity (Wildman–Crippen MR) is 65.6 cm³/mol. The van der Waals surface area contributed by atoms with Gasteiger partial charge in [0.25, 0.3) is 5.91 Å². The summed E-state index contributed by atoms with van der Waals surface area (Å²) in [6.07, 6.45) is 2.24. The molecule has 1 aromatic rings. The van der Waals surface area contributed by atoms with E-state index in [1.54, 1.807) is 19.1 Å². The van der Waals surface area contributed by atoms with Crippen molar-refractivity contribution in [3.63, 3.8) is 0 Å². The van der Waals surface area contributed by atoms with Gasteiger partial charge in [-0.2, -0.15) is 0 Å². The average molecular weight is 247 g/mol. The van der Waals surface area contributed by atoms with Gasteiger partial charge in [0.05, 0.1) is 0 Å². The highest BCUT2D eigenvalue weighted by atomic mass is 19.1. The van der Waals surface area contributed by atoms with Crippen LogP contribution < -0.4 is 10.6 Å². The van der Waals surface area contributed by atoms with Crippen molar-refractivity contribution in [3.8, 4) is 0 Å². The van der Waals surface area contributed by atoms with Crippen LogP contribution in [0.2, 0.25) is 0 Å². The van der Waals surface area contributed by atoms with Crippen LogP contribution in [0.4, 0.5) is 4.39 Å². The Morgan fingerprint density at radius 1 is 1.44 bits per heavy atom. The average Bonchev–Trinajstić information content (AvgIpc) is 3.06. The van der Waals surface area contributed by atoms with Gasteiger partial charge < -0.3 is 5.32 Å². The fraction of sp³-hybridized carbons (Fsp3) is 0.385. The number of hydrogen-bond donors (Lipinski definition) is 2. The van der Waals surface area contributed by atoms with E-state index in [0.29, 0.717) is 17.6 Å². The van der Waals surface area contributed by atoms with Gasteiger partial charge in [0.2, 0.25) is 0 Å². The van der Waals surface area contributed by atoms with Crippen molar-refractivity contribution in [2.45, 2.75) is 31.8 Å². The minimum atomic E-state index is -0.564. The van der Waals surface area contributed by atoms with Gasteiger partial charge in [0, 0.05) is 6.04 Å². The molecular formula is C13H14FN3O. The molecule has 2 N–H and O–H groups in total. The number of hydrogen-bond acceptors (Lipinski definition) is 3. The number of carbonyl (C=O) groups is 1. The fourth-order valence-corrected chi connectivity index (χ4v) is 1.96. The second-order valence-corrected chi connectivity index (χ2v) is 4.80. The lowest BCUT2D eigenvalue weighted by molar-refractivity contribution is -0.120. The van der Waals surface area contributed by atoms with Gasteiger partial charge in [-0.1, -0.05) is 12.1 Å². The molecule has 0 bridgehead atoms. The van der Waals surface area contributed by atoms with Gasteiger partial charge in [0.1, 0.15) is 5.82 Å². The first-order valence-electron chi connectivity index (χ1n) is 6.05.